The minimum atomic E-state index is -1.42. The summed E-state index contributed by atoms with van der Waals surface area (Å²) in [5.41, 5.74) is 8.02. The summed E-state index contributed by atoms with van der Waals surface area (Å²) in [7, 11) is 0.187. The lowest BCUT2D eigenvalue weighted by Crippen LogP contribution is -2.12. The molecule has 24 heavy (non-hydrogen) atoms. The van der Waals surface area contributed by atoms with E-state index in [0.29, 0.717) is 27.0 Å². The predicted molar refractivity (Wildman–Crippen MR) is 92.8 cm³/mol. The van der Waals surface area contributed by atoms with E-state index in [9.17, 15) is 4.21 Å². The van der Waals surface area contributed by atoms with E-state index in [2.05, 4.69) is 30.3 Å². The third-order valence-electron chi connectivity index (χ3n) is 3.29. The number of nitrogens with zero attached hydrogens (tertiary/aromatic N) is 4. The lowest BCUT2D eigenvalue weighted by atomic mass is 10.00. The number of tetrazole rings is 1. The third kappa shape index (κ3) is 3.01. The van der Waals surface area contributed by atoms with E-state index in [0.717, 1.165) is 23.1 Å². The van der Waals surface area contributed by atoms with Gasteiger partial charge in [-0.3, -0.25) is 5.14 Å². The molecule has 0 fully saturated rings. The molecule has 0 radical (unpaired) electrons. The highest BCUT2D eigenvalue weighted by molar-refractivity contribution is 7.97. The van der Waals surface area contributed by atoms with E-state index in [1.807, 2.05) is 12.1 Å². The Morgan fingerprint density at radius 2 is 2.17 bits per heavy atom. The summed E-state index contributed by atoms with van der Waals surface area (Å²) in [5, 5.41) is 20.0. The van der Waals surface area contributed by atoms with Gasteiger partial charge in [-0.2, -0.15) is 5.21 Å². The number of hydrogen-bond acceptors (Lipinski definition) is 8. The van der Waals surface area contributed by atoms with Crippen LogP contribution >= 0.6 is 11.9 Å². The molecule has 3 rings (SSSR count). The second kappa shape index (κ2) is 7.05. The van der Waals surface area contributed by atoms with Gasteiger partial charge in [-0.05, 0) is 53.5 Å². The van der Waals surface area contributed by atoms with Crippen LogP contribution in [0, 0.1) is 0 Å². The number of H-pyrrole nitrogens is 1. The van der Waals surface area contributed by atoms with Crippen molar-refractivity contribution in [2.75, 3.05) is 12.8 Å². The van der Waals surface area contributed by atoms with Crippen molar-refractivity contribution in [1.82, 2.24) is 30.3 Å². The number of pyridine rings is 1. The second-order valence-corrected chi connectivity index (χ2v) is 6.64. The number of nitrogens with two attached hydrogens (primary N) is 2. The van der Waals surface area contributed by atoms with Gasteiger partial charge >= 0.3 is 0 Å². The lowest BCUT2D eigenvalue weighted by molar-refractivity contribution is 0.676. The van der Waals surface area contributed by atoms with Crippen molar-refractivity contribution >= 4 is 28.8 Å². The van der Waals surface area contributed by atoms with E-state index < -0.39 is 11.0 Å². The maximum absolute atomic E-state index is 12.3. The van der Waals surface area contributed by atoms with Gasteiger partial charge in [0.25, 0.3) is 0 Å². The lowest BCUT2D eigenvalue weighted by Gasteiger charge is -2.15. The molecule has 0 amide bonds. The summed E-state index contributed by atoms with van der Waals surface area (Å²) in [6.07, 6.45) is 1.61. The average Bonchev–Trinajstić information content (AvgIpc) is 3.14. The minimum Gasteiger partial charge on any atom is -0.384 e. The molecule has 0 aliphatic carbocycles. The van der Waals surface area contributed by atoms with Gasteiger partial charge in [0.2, 0.25) is 5.82 Å². The fraction of sp³-hybridized carbons (Fsp3) is 0.0769. The van der Waals surface area contributed by atoms with E-state index in [4.69, 9.17) is 10.9 Å². The van der Waals surface area contributed by atoms with E-state index in [1.54, 1.807) is 25.4 Å². The average molecular weight is 362 g/mol. The molecule has 0 saturated heterocycles. The van der Waals surface area contributed by atoms with Crippen molar-refractivity contribution in [2.24, 2.45) is 5.14 Å². The van der Waals surface area contributed by atoms with Gasteiger partial charge in [-0.15, -0.1) is 10.2 Å². The highest BCUT2D eigenvalue weighted by Gasteiger charge is 2.22. The highest BCUT2D eigenvalue weighted by Crippen LogP contribution is 2.39. The Labute approximate surface area is 144 Å². The molecule has 0 spiro atoms. The van der Waals surface area contributed by atoms with Crippen LogP contribution in [0.15, 0.2) is 40.3 Å². The molecular formula is C13H14N8OS2. The fourth-order valence-corrected chi connectivity index (χ4v) is 3.84. The number of aromatic nitrogens is 5. The molecule has 11 heteroatoms. The first-order valence-electron chi connectivity index (χ1n) is 6.74. The molecule has 3 aromatic rings. The first kappa shape index (κ1) is 16.5. The standard InChI is InChI=1S/C13H14N8OS2/c1-16-24(22)9-3-2-8(7-4-5-17-10(14)6-7)11(12(9)23-15)13-18-20-21-19-13/h2-6,16H,15H2,1H3,(H2,14,17)(H,18,19,20,21). The van der Waals surface area contributed by atoms with E-state index in [1.165, 1.54) is 0 Å². The molecule has 1 aromatic carbocycles. The Balaban J connectivity index is 2.32. The Bertz CT molecular complexity index is 884. The monoisotopic (exact) mass is 362 g/mol. The second-order valence-electron chi connectivity index (χ2n) is 4.61. The van der Waals surface area contributed by atoms with Crippen molar-refractivity contribution in [3.63, 3.8) is 0 Å². The maximum Gasteiger partial charge on any atom is 0.206 e. The summed E-state index contributed by atoms with van der Waals surface area (Å²) < 4.78 is 15.0. The van der Waals surface area contributed by atoms with Gasteiger partial charge in [0.1, 0.15) is 16.8 Å². The van der Waals surface area contributed by atoms with Gasteiger partial charge in [0.05, 0.1) is 9.79 Å². The van der Waals surface area contributed by atoms with Gasteiger partial charge in [0, 0.05) is 11.8 Å². The normalized spacial score (nSPS) is 12.2. The van der Waals surface area contributed by atoms with Crippen molar-refractivity contribution < 1.29 is 4.21 Å². The summed E-state index contributed by atoms with van der Waals surface area (Å²) in [5.74, 6) is 0.736. The molecule has 9 nitrogen and oxygen atoms in total. The zero-order valence-electron chi connectivity index (χ0n) is 12.6. The van der Waals surface area contributed by atoms with Crippen LogP contribution in [0.25, 0.3) is 22.5 Å². The van der Waals surface area contributed by atoms with Gasteiger partial charge in [-0.25, -0.2) is 13.9 Å². The minimum absolute atomic E-state index is 0.350. The first-order valence-corrected chi connectivity index (χ1v) is 8.77. The molecule has 0 aliphatic rings. The molecule has 2 aromatic heterocycles. The van der Waals surface area contributed by atoms with Crippen molar-refractivity contribution in [1.29, 1.82) is 0 Å². The Morgan fingerprint density at radius 1 is 1.33 bits per heavy atom. The topological polar surface area (TPSA) is 148 Å². The number of nitrogen functional groups attached to an aromatic ring is 1. The molecule has 0 saturated carbocycles. The molecule has 124 valence electrons. The Kier molecular flexibility index (Phi) is 4.85. The largest absolute Gasteiger partial charge is 0.384 e. The number of anilines is 1. The van der Waals surface area contributed by atoms with Gasteiger partial charge < -0.3 is 5.73 Å². The molecule has 1 atom stereocenters. The summed E-state index contributed by atoms with van der Waals surface area (Å²) in [4.78, 5) is 5.13. The highest BCUT2D eigenvalue weighted by atomic mass is 32.2. The van der Waals surface area contributed by atoms with E-state index in [-0.39, 0.29) is 0 Å². The predicted octanol–water partition coefficient (Wildman–Crippen LogP) is 0.719. The number of nitrogens with one attached hydrogen (secondary N) is 2. The first-order chi connectivity index (χ1) is 11.7. The van der Waals surface area contributed by atoms with Crippen molar-refractivity contribution in [2.45, 2.75) is 9.79 Å². The molecular weight excluding hydrogens is 348 g/mol. The fourth-order valence-electron chi connectivity index (χ4n) is 2.28. The number of aromatic amines is 1. The SMILES string of the molecule is CNS(=O)c1ccc(-c2ccnc(N)c2)c(-c2nn[nH]n2)c1SN. The van der Waals surface area contributed by atoms with Crippen molar-refractivity contribution in [3.05, 3.63) is 30.5 Å². The van der Waals surface area contributed by atoms with Crippen LogP contribution in [-0.4, -0.2) is 36.9 Å². The summed E-state index contributed by atoms with van der Waals surface area (Å²) >= 11 is 0.975. The van der Waals surface area contributed by atoms with Crippen LogP contribution < -0.4 is 15.6 Å². The molecule has 0 aliphatic heterocycles. The zero-order valence-corrected chi connectivity index (χ0v) is 14.2. The van der Waals surface area contributed by atoms with E-state index >= 15 is 0 Å². The summed E-state index contributed by atoms with van der Waals surface area (Å²) in [6.45, 7) is 0. The Morgan fingerprint density at radius 3 is 2.79 bits per heavy atom. The van der Waals surface area contributed by atoms with Crippen LogP contribution in [0.3, 0.4) is 0 Å². The van der Waals surface area contributed by atoms with Gasteiger partial charge in [0.15, 0.2) is 0 Å². The molecule has 6 N–H and O–H groups in total. The van der Waals surface area contributed by atoms with Crippen LogP contribution in [0.5, 0.6) is 0 Å². The third-order valence-corrected chi connectivity index (χ3v) is 5.19. The summed E-state index contributed by atoms with van der Waals surface area (Å²) in [6, 6.07) is 7.12. The number of rotatable bonds is 5. The number of hydrogen-bond donors (Lipinski definition) is 4. The van der Waals surface area contributed by atoms with Crippen molar-refractivity contribution in [3.8, 4) is 22.5 Å². The number of benzene rings is 1. The van der Waals surface area contributed by atoms with Gasteiger partial charge in [-0.1, -0.05) is 6.07 Å². The van der Waals surface area contributed by atoms with Crippen LogP contribution in [0.4, 0.5) is 5.82 Å². The smallest absolute Gasteiger partial charge is 0.206 e. The Hall–Kier alpha value is -2.34. The molecule has 1 unspecified atom stereocenters. The quantitative estimate of drug-likeness (QED) is 0.485. The molecule has 0 bridgehead atoms. The maximum atomic E-state index is 12.3. The van der Waals surface area contributed by atoms with Crippen LogP contribution in [-0.2, 0) is 11.0 Å². The molecule has 2 heterocycles. The van der Waals surface area contributed by atoms with Crippen LogP contribution in [0.1, 0.15) is 0 Å². The zero-order chi connectivity index (χ0) is 17.1. The van der Waals surface area contributed by atoms with Crippen LogP contribution in [0.2, 0.25) is 0 Å².